The molecule has 2 amide bonds. The summed E-state index contributed by atoms with van der Waals surface area (Å²) in [4.78, 5) is 37.7. The van der Waals surface area contributed by atoms with E-state index in [2.05, 4.69) is 21.2 Å². The van der Waals surface area contributed by atoms with Crippen LogP contribution in [0.2, 0.25) is 0 Å². The van der Waals surface area contributed by atoms with Gasteiger partial charge in [-0.1, -0.05) is 22.0 Å². The normalized spacial score (nSPS) is 15.2. The molecule has 0 atom stereocenters. The number of nitrogens with zero attached hydrogens (tertiary/aromatic N) is 3. The van der Waals surface area contributed by atoms with Crippen molar-refractivity contribution in [2.24, 2.45) is 0 Å². The first kappa shape index (κ1) is 22.6. The van der Waals surface area contributed by atoms with Crippen LogP contribution in [0.4, 0.5) is 11.4 Å². The molecule has 1 aliphatic heterocycles. The predicted octanol–water partition coefficient (Wildman–Crippen LogP) is 4.60. The number of hydrogen-bond acceptors (Lipinski definition) is 5. The minimum Gasteiger partial charge on any atom is -0.318 e. The summed E-state index contributed by atoms with van der Waals surface area (Å²) in [7, 11) is 0. The molecule has 1 saturated heterocycles. The number of aromatic nitrogens is 1. The van der Waals surface area contributed by atoms with E-state index in [1.807, 2.05) is 30.5 Å². The summed E-state index contributed by atoms with van der Waals surface area (Å²) in [5, 5.41) is 13.5. The molecule has 1 fully saturated rings. The zero-order valence-electron chi connectivity index (χ0n) is 17.5. The molecule has 2 aromatic carbocycles. The molecule has 0 unspecified atom stereocenters. The molecule has 0 bridgehead atoms. The number of anilines is 1. The predicted molar refractivity (Wildman–Crippen MR) is 132 cm³/mol. The van der Waals surface area contributed by atoms with E-state index in [-0.39, 0.29) is 16.4 Å². The molecule has 166 valence electrons. The lowest BCUT2D eigenvalue weighted by Crippen LogP contribution is -2.54. The van der Waals surface area contributed by atoms with Crippen LogP contribution in [-0.2, 0) is 9.59 Å². The van der Waals surface area contributed by atoms with Gasteiger partial charge in [-0.3, -0.25) is 29.9 Å². The lowest BCUT2D eigenvalue weighted by Gasteiger charge is -2.29. The summed E-state index contributed by atoms with van der Waals surface area (Å²) in [6.45, 7) is 3.73. The molecule has 0 saturated carbocycles. The van der Waals surface area contributed by atoms with Gasteiger partial charge in [0.05, 0.1) is 10.6 Å². The third-order valence-corrected chi connectivity index (χ3v) is 6.03. The number of nitro groups is 1. The molecule has 0 spiro atoms. The van der Waals surface area contributed by atoms with Gasteiger partial charge < -0.3 is 4.57 Å². The van der Waals surface area contributed by atoms with Gasteiger partial charge in [0.2, 0.25) is 0 Å². The number of rotatable bonds is 4. The quantitative estimate of drug-likeness (QED) is 0.177. The fraction of sp³-hybridized carbons (Fsp3) is 0.0870. The fourth-order valence-corrected chi connectivity index (χ4v) is 4.39. The highest BCUT2D eigenvalue weighted by molar-refractivity contribution is 9.10. The molecule has 3 aromatic rings. The van der Waals surface area contributed by atoms with E-state index in [0.717, 1.165) is 21.5 Å². The van der Waals surface area contributed by atoms with E-state index < -0.39 is 16.7 Å². The van der Waals surface area contributed by atoms with Gasteiger partial charge in [-0.2, -0.15) is 0 Å². The molecule has 33 heavy (non-hydrogen) atoms. The highest BCUT2D eigenvalue weighted by Gasteiger charge is 2.34. The Hall–Kier alpha value is -3.63. The number of non-ortho nitro benzene ring substituents is 1. The second-order valence-corrected chi connectivity index (χ2v) is 8.68. The smallest absolute Gasteiger partial charge is 0.270 e. The second kappa shape index (κ2) is 8.72. The Bertz CT molecular complexity index is 1360. The molecule has 1 aliphatic rings. The lowest BCUT2D eigenvalue weighted by molar-refractivity contribution is -0.384. The summed E-state index contributed by atoms with van der Waals surface area (Å²) in [6.07, 6.45) is 1.54. The molecule has 2 heterocycles. The highest BCUT2D eigenvalue weighted by Crippen LogP contribution is 2.28. The van der Waals surface area contributed by atoms with Crippen molar-refractivity contribution in [2.75, 3.05) is 4.90 Å². The number of nitrogens with one attached hydrogen (secondary N) is 1. The standard InChI is InChI=1S/C23H17BrN4O4S/c1-13-10-15(14(2)26(13)17-6-8-18(9-7-17)28(31)32)11-20-21(29)25-23(33)27(22(20)30)19-5-3-4-16(24)12-19/h3-12H,1-2H3,(H,25,29,33)/b20-11-. The van der Waals surface area contributed by atoms with Gasteiger partial charge in [0.15, 0.2) is 5.11 Å². The average Bonchev–Trinajstić information content (AvgIpc) is 3.04. The largest absolute Gasteiger partial charge is 0.318 e. The van der Waals surface area contributed by atoms with Gasteiger partial charge in [0.1, 0.15) is 5.57 Å². The molecule has 1 aromatic heterocycles. The van der Waals surface area contributed by atoms with Crippen molar-refractivity contribution in [1.82, 2.24) is 9.88 Å². The van der Waals surface area contributed by atoms with Crippen molar-refractivity contribution < 1.29 is 14.5 Å². The van der Waals surface area contributed by atoms with Crippen molar-refractivity contribution in [3.8, 4) is 5.69 Å². The van der Waals surface area contributed by atoms with E-state index in [4.69, 9.17) is 12.2 Å². The van der Waals surface area contributed by atoms with Crippen molar-refractivity contribution in [2.45, 2.75) is 13.8 Å². The maximum atomic E-state index is 13.3. The van der Waals surface area contributed by atoms with E-state index in [1.165, 1.54) is 23.1 Å². The number of hydrogen-bond donors (Lipinski definition) is 1. The number of thiocarbonyl (C=S) groups is 1. The Balaban J connectivity index is 1.74. The van der Waals surface area contributed by atoms with E-state index in [1.54, 1.807) is 30.3 Å². The lowest BCUT2D eigenvalue weighted by atomic mass is 10.1. The molecule has 0 aliphatic carbocycles. The summed E-state index contributed by atoms with van der Waals surface area (Å²) < 4.78 is 2.67. The Labute approximate surface area is 202 Å². The first-order valence-corrected chi connectivity index (χ1v) is 11.0. The van der Waals surface area contributed by atoms with Crippen LogP contribution in [0.3, 0.4) is 0 Å². The van der Waals surface area contributed by atoms with E-state index in [9.17, 15) is 19.7 Å². The van der Waals surface area contributed by atoms with E-state index >= 15 is 0 Å². The summed E-state index contributed by atoms with van der Waals surface area (Å²) in [5.74, 6) is -1.10. The van der Waals surface area contributed by atoms with Crippen molar-refractivity contribution in [3.05, 3.63) is 91.7 Å². The van der Waals surface area contributed by atoms with Crippen LogP contribution in [0, 0.1) is 24.0 Å². The summed E-state index contributed by atoms with van der Waals surface area (Å²) in [6, 6.07) is 15.1. The number of benzene rings is 2. The second-order valence-electron chi connectivity index (χ2n) is 7.37. The van der Waals surface area contributed by atoms with Gasteiger partial charge in [0.25, 0.3) is 17.5 Å². The van der Waals surface area contributed by atoms with Gasteiger partial charge >= 0.3 is 0 Å². The highest BCUT2D eigenvalue weighted by atomic mass is 79.9. The molecular formula is C23H17BrN4O4S. The molecular weight excluding hydrogens is 508 g/mol. The molecule has 10 heteroatoms. The number of amides is 2. The first-order valence-electron chi connectivity index (χ1n) is 9.78. The van der Waals surface area contributed by atoms with Crippen LogP contribution in [0.25, 0.3) is 11.8 Å². The Morgan fingerprint density at radius 1 is 1.06 bits per heavy atom. The monoisotopic (exact) mass is 524 g/mol. The maximum absolute atomic E-state index is 13.3. The minimum absolute atomic E-state index is 0.00311. The maximum Gasteiger partial charge on any atom is 0.270 e. The third-order valence-electron chi connectivity index (χ3n) is 5.26. The van der Waals surface area contributed by atoms with Gasteiger partial charge in [-0.05, 0) is 74.1 Å². The average molecular weight is 525 g/mol. The van der Waals surface area contributed by atoms with Crippen molar-refractivity contribution in [1.29, 1.82) is 0 Å². The van der Waals surface area contributed by atoms with Crippen LogP contribution in [0.15, 0.2) is 64.6 Å². The number of carbonyl (C=O) groups excluding carboxylic acids is 2. The van der Waals surface area contributed by atoms with Crippen LogP contribution < -0.4 is 10.2 Å². The first-order chi connectivity index (χ1) is 15.7. The molecule has 1 N–H and O–H groups in total. The molecule has 0 radical (unpaired) electrons. The Morgan fingerprint density at radius 2 is 1.76 bits per heavy atom. The number of nitro benzene ring substituents is 1. The van der Waals surface area contributed by atoms with Gasteiger partial charge in [0, 0.05) is 33.7 Å². The number of aryl methyl sites for hydroxylation is 1. The molecule has 4 rings (SSSR count). The SMILES string of the molecule is Cc1cc(/C=C2/C(=O)NC(=S)N(c3cccc(Br)c3)C2=O)c(C)n1-c1ccc([N+](=O)[O-])cc1. The van der Waals surface area contributed by atoms with E-state index in [0.29, 0.717) is 11.3 Å². The Kier molecular flexibility index (Phi) is 5.96. The number of halogens is 1. The summed E-state index contributed by atoms with van der Waals surface area (Å²) in [5.41, 5.74) is 3.50. The van der Waals surface area contributed by atoms with Crippen LogP contribution >= 0.6 is 28.1 Å². The Morgan fingerprint density at radius 3 is 2.39 bits per heavy atom. The van der Waals surface area contributed by atoms with Gasteiger partial charge in [-0.25, -0.2) is 0 Å². The van der Waals surface area contributed by atoms with Gasteiger partial charge in [-0.15, -0.1) is 0 Å². The van der Waals surface area contributed by atoms with Crippen LogP contribution in [0.5, 0.6) is 0 Å². The topological polar surface area (TPSA) is 97.5 Å². The van der Waals surface area contributed by atoms with Crippen molar-refractivity contribution in [3.63, 3.8) is 0 Å². The molecule has 8 nitrogen and oxygen atoms in total. The van der Waals surface area contributed by atoms with Crippen LogP contribution in [0.1, 0.15) is 17.0 Å². The van der Waals surface area contributed by atoms with Crippen LogP contribution in [-0.4, -0.2) is 26.4 Å². The third kappa shape index (κ3) is 4.22. The fourth-order valence-electron chi connectivity index (χ4n) is 3.72. The summed E-state index contributed by atoms with van der Waals surface area (Å²) >= 11 is 8.63. The van der Waals surface area contributed by atoms with Crippen molar-refractivity contribution >= 4 is 62.5 Å². The zero-order chi connectivity index (χ0) is 23.9. The minimum atomic E-state index is -0.573. The number of carbonyl (C=O) groups is 2. The zero-order valence-corrected chi connectivity index (χ0v) is 19.9.